The van der Waals surface area contributed by atoms with Crippen LogP contribution in [0.1, 0.15) is 29.5 Å². The van der Waals surface area contributed by atoms with Gasteiger partial charge < -0.3 is 9.64 Å². The van der Waals surface area contributed by atoms with Crippen molar-refractivity contribution in [1.29, 1.82) is 0 Å². The lowest BCUT2D eigenvalue weighted by molar-refractivity contribution is 0.304. The van der Waals surface area contributed by atoms with Gasteiger partial charge in [0.2, 0.25) is 0 Å². The summed E-state index contributed by atoms with van der Waals surface area (Å²) in [5.41, 5.74) is 6.68. The first-order chi connectivity index (χ1) is 14.2. The van der Waals surface area contributed by atoms with E-state index in [-0.39, 0.29) is 0 Å². The van der Waals surface area contributed by atoms with E-state index in [9.17, 15) is 0 Å². The number of nitrogens with zero attached hydrogens (tertiary/aromatic N) is 1. The number of fused-ring (bicyclic) bond motifs is 1. The van der Waals surface area contributed by atoms with Gasteiger partial charge in [0.05, 0.1) is 0 Å². The van der Waals surface area contributed by atoms with E-state index in [1.54, 1.807) is 0 Å². The minimum Gasteiger partial charge on any atom is -0.489 e. The molecule has 0 fully saturated rings. The lowest BCUT2D eigenvalue weighted by Gasteiger charge is -2.26. The minimum atomic E-state index is 0.610. The van der Waals surface area contributed by atoms with Crippen molar-refractivity contribution in [2.24, 2.45) is 5.92 Å². The molecule has 0 unspecified atom stereocenters. The van der Waals surface area contributed by atoms with Crippen LogP contribution in [0.2, 0.25) is 0 Å². The second-order valence-corrected chi connectivity index (χ2v) is 8.48. The highest BCUT2D eigenvalue weighted by Gasteiger charge is 2.19. The van der Waals surface area contributed by atoms with Crippen LogP contribution in [-0.2, 0) is 19.4 Å². The van der Waals surface area contributed by atoms with E-state index in [2.05, 4.69) is 85.7 Å². The fraction of sp³-hybridized carbons (Fsp3) is 0.333. The molecule has 1 aliphatic rings. The summed E-state index contributed by atoms with van der Waals surface area (Å²) in [7, 11) is 4.32. The highest BCUT2D eigenvalue weighted by molar-refractivity contribution is 5.63. The highest BCUT2D eigenvalue weighted by atomic mass is 16.5. The van der Waals surface area contributed by atoms with Gasteiger partial charge in [-0.1, -0.05) is 60.7 Å². The van der Waals surface area contributed by atoms with Crippen molar-refractivity contribution in [2.45, 2.75) is 32.3 Å². The van der Waals surface area contributed by atoms with Gasteiger partial charge in [0.25, 0.3) is 0 Å². The van der Waals surface area contributed by atoms with Gasteiger partial charge in [-0.25, -0.2) is 0 Å². The average molecular weight is 386 g/mol. The molecule has 2 heteroatoms. The van der Waals surface area contributed by atoms with E-state index in [1.807, 2.05) is 6.07 Å². The zero-order valence-corrected chi connectivity index (χ0v) is 17.6. The summed E-state index contributed by atoms with van der Waals surface area (Å²) in [6.07, 6.45) is 4.98. The standard InChI is InChI=1S/C27H31NO/c1-28(2)17-16-21-8-13-26-19-27(15-14-25(26)18-21)29-20-22-9-11-24(12-10-22)23-6-4-3-5-7-23/h3-7,9-12,14-15,19,21H,8,13,16-18,20H2,1-2H3/t21-/m1/s1. The zero-order chi connectivity index (χ0) is 20.1. The molecular weight excluding hydrogens is 354 g/mol. The van der Waals surface area contributed by atoms with Gasteiger partial charge in [0.15, 0.2) is 0 Å². The predicted molar refractivity (Wildman–Crippen MR) is 121 cm³/mol. The van der Waals surface area contributed by atoms with E-state index < -0.39 is 0 Å². The maximum Gasteiger partial charge on any atom is 0.120 e. The summed E-state index contributed by atoms with van der Waals surface area (Å²) in [5, 5.41) is 0. The predicted octanol–water partition coefficient (Wildman–Crippen LogP) is 5.99. The molecule has 4 rings (SSSR count). The third kappa shape index (κ3) is 5.27. The van der Waals surface area contributed by atoms with E-state index >= 15 is 0 Å². The molecule has 0 N–H and O–H groups in total. The van der Waals surface area contributed by atoms with Crippen molar-refractivity contribution in [2.75, 3.05) is 20.6 Å². The molecule has 0 heterocycles. The molecule has 0 saturated heterocycles. The first-order valence-electron chi connectivity index (χ1n) is 10.7. The zero-order valence-electron chi connectivity index (χ0n) is 17.6. The monoisotopic (exact) mass is 385 g/mol. The van der Waals surface area contributed by atoms with Crippen molar-refractivity contribution >= 4 is 0 Å². The third-order valence-corrected chi connectivity index (χ3v) is 5.96. The van der Waals surface area contributed by atoms with Gasteiger partial charge in [0.1, 0.15) is 12.4 Å². The molecule has 0 spiro atoms. The van der Waals surface area contributed by atoms with Crippen LogP contribution < -0.4 is 4.74 Å². The van der Waals surface area contributed by atoms with E-state index in [0.29, 0.717) is 6.61 Å². The van der Waals surface area contributed by atoms with Crippen LogP contribution in [0.5, 0.6) is 5.75 Å². The second kappa shape index (κ2) is 9.28. The number of rotatable bonds is 7. The Balaban J connectivity index is 1.34. The van der Waals surface area contributed by atoms with Gasteiger partial charge >= 0.3 is 0 Å². The topological polar surface area (TPSA) is 12.5 Å². The van der Waals surface area contributed by atoms with Gasteiger partial charge in [-0.05, 0) is 92.2 Å². The molecule has 3 aromatic rings. The largest absolute Gasteiger partial charge is 0.489 e. The molecule has 0 saturated carbocycles. The summed E-state index contributed by atoms with van der Waals surface area (Å²) in [6.45, 7) is 1.80. The number of hydrogen-bond donors (Lipinski definition) is 0. The molecule has 29 heavy (non-hydrogen) atoms. The number of hydrogen-bond acceptors (Lipinski definition) is 2. The fourth-order valence-electron chi connectivity index (χ4n) is 4.17. The first kappa shape index (κ1) is 19.7. The Kier molecular flexibility index (Phi) is 6.31. The average Bonchev–Trinajstić information content (AvgIpc) is 2.77. The van der Waals surface area contributed by atoms with Crippen molar-refractivity contribution in [3.8, 4) is 16.9 Å². The SMILES string of the molecule is CN(C)CC[C@H]1CCc2cc(OCc3ccc(-c4ccccc4)cc3)ccc2C1. The van der Waals surface area contributed by atoms with Crippen LogP contribution in [0, 0.1) is 5.92 Å². The molecule has 2 nitrogen and oxygen atoms in total. The summed E-state index contributed by atoms with van der Waals surface area (Å²) < 4.78 is 6.10. The van der Waals surface area contributed by atoms with E-state index in [4.69, 9.17) is 4.74 Å². The van der Waals surface area contributed by atoms with E-state index in [0.717, 1.165) is 11.7 Å². The molecule has 0 amide bonds. The molecule has 150 valence electrons. The van der Waals surface area contributed by atoms with Gasteiger partial charge in [-0.3, -0.25) is 0 Å². The van der Waals surface area contributed by atoms with Gasteiger partial charge in [-0.2, -0.15) is 0 Å². The molecular formula is C27H31NO. The normalized spacial score (nSPS) is 15.9. The Labute approximate surface area is 175 Å². The van der Waals surface area contributed by atoms with Gasteiger partial charge in [-0.15, -0.1) is 0 Å². The Bertz CT molecular complexity index is 915. The van der Waals surface area contributed by atoms with Crippen LogP contribution in [0.25, 0.3) is 11.1 Å². The lowest BCUT2D eigenvalue weighted by atomic mass is 9.82. The van der Waals surface area contributed by atoms with Crippen LogP contribution in [0.3, 0.4) is 0 Å². The molecule has 0 radical (unpaired) electrons. The van der Waals surface area contributed by atoms with Crippen LogP contribution in [0.15, 0.2) is 72.8 Å². The molecule has 1 atom stereocenters. The quantitative estimate of drug-likeness (QED) is 0.495. The van der Waals surface area contributed by atoms with Crippen molar-refractivity contribution < 1.29 is 4.74 Å². The van der Waals surface area contributed by atoms with E-state index in [1.165, 1.54) is 60.0 Å². The van der Waals surface area contributed by atoms with Crippen molar-refractivity contribution in [3.63, 3.8) is 0 Å². The van der Waals surface area contributed by atoms with Crippen LogP contribution in [0.4, 0.5) is 0 Å². The summed E-state index contributed by atoms with van der Waals surface area (Å²) in [4.78, 5) is 2.29. The fourth-order valence-corrected chi connectivity index (χ4v) is 4.17. The molecule has 1 aliphatic carbocycles. The second-order valence-electron chi connectivity index (χ2n) is 8.48. The Morgan fingerprint density at radius 1 is 0.862 bits per heavy atom. The Morgan fingerprint density at radius 2 is 1.62 bits per heavy atom. The van der Waals surface area contributed by atoms with Crippen LogP contribution in [-0.4, -0.2) is 25.5 Å². The summed E-state index contributed by atoms with van der Waals surface area (Å²) in [6, 6.07) is 25.9. The molecule has 3 aromatic carbocycles. The number of benzene rings is 3. The summed E-state index contributed by atoms with van der Waals surface area (Å²) in [5.74, 6) is 1.81. The van der Waals surface area contributed by atoms with Crippen molar-refractivity contribution in [3.05, 3.63) is 89.5 Å². The number of ether oxygens (including phenoxy) is 1. The maximum atomic E-state index is 6.10. The number of aryl methyl sites for hydroxylation is 1. The third-order valence-electron chi connectivity index (χ3n) is 5.96. The minimum absolute atomic E-state index is 0.610. The molecule has 0 bridgehead atoms. The van der Waals surface area contributed by atoms with Crippen molar-refractivity contribution in [1.82, 2.24) is 4.90 Å². The van der Waals surface area contributed by atoms with Crippen LogP contribution >= 0.6 is 0 Å². The smallest absolute Gasteiger partial charge is 0.120 e. The highest BCUT2D eigenvalue weighted by Crippen LogP contribution is 2.30. The maximum absolute atomic E-state index is 6.10. The molecule has 0 aliphatic heterocycles. The Morgan fingerprint density at radius 3 is 2.38 bits per heavy atom. The Hall–Kier alpha value is -2.58. The molecule has 0 aromatic heterocycles. The lowest BCUT2D eigenvalue weighted by Crippen LogP contribution is -2.21. The van der Waals surface area contributed by atoms with Gasteiger partial charge in [0, 0.05) is 0 Å². The summed E-state index contributed by atoms with van der Waals surface area (Å²) >= 11 is 0. The first-order valence-corrected chi connectivity index (χ1v) is 10.7.